The first kappa shape index (κ1) is 25.7. The molecule has 0 saturated heterocycles. The van der Waals surface area contributed by atoms with Crippen LogP contribution in [-0.2, 0) is 0 Å². The van der Waals surface area contributed by atoms with Crippen LogP contribution in [0.3, 0.4) is 0 Å². The first-order chi connectivity index (χ1) is 21.8. The molecular formula is C42H36N2. The Labute approximate surface area is 258 Å². The van der Waals surface area contributed by atoms with Gasteiger partial charge >= 0.3 is 0 Å². The molecule has 7 aromatic rings. The zero-order chi connectivity index (χ0) is 29.0. The van der Waals surface area contributed by atoms with Crippen LogP contribution >= 0.6 is 0 Å². The number of hydrogen-bond donors (Lipinski definition) is 0. The van der Waals surface area contributed by atoms with Gasteiger partial charge in [-0.2, -0.15) is 0 Å². The van der Waals surface area contributed by atoms with E-state index >= 15 is 0 Å². The summed E-state index contributed by atoms with van der Waals surface area (Å²) in [6.45, 7) is 0. The molecule has 9 rings (SSSR count). The molecule has 2 atom stereocenters. The third-order valence-electron chi connectivity index (χ3n) is 10.4. The zero-order valence-corrected chi connectivity index (χ0v) is 24.9. The average molecular weight is 569 g/mol. The van der Waals surface area contributed by atoms with Gasteiger partial charge in [0.25, 0.3) is 0 Å². The van der Waals surface area contributed by atoms with E-state index in [1.165, 1.54) is 66.9 Å². The Morgan fingerprint density at radius 2 is 1.07 bits per heavy atom. The summed E-state index contributed by atoms with van der Waals surface area (Å²) in [5.74, 6) is 1.04. The fraction of sp³-hybridized carbons (Fsp3) is 0.190. The SMILES string of the molecule is C1=CCCC(n2c3ccccc3c3cc4c(cc32)c2ccccc2n4C2CC(c3ccccc3)CC(c3ccccc3)C2)=C1. The van der Waals surface area contributed by atoms with E-state index in [0.29, 0.717) is 17.9 Å². The Kier molecular flexibility index (Phi) is 6.07. The van der Waals surface area contributed by atoms with Gasteiger partial charge in [0.1, 0.15) is 0 Å². The van der Waals surface area contributed by atoms with Crippen molar-refractivity contribution in [1.29, 1.82) is 0 Å². The maximum Gasteiger partial charge on any atom is 0.0545 e. The first-order valence-electron chi connectivity index (χ1n) is 16.3. The second-order valence-electron chi connectivity index (χ2n) is 12.8. The number of aromatic nitrogens is 2. The Morgan fingerprint density at radius 1 is 0.500 bits per heavy atom. The third-order valence-corrected chi connectivity index (χ3v) is 10.4. The minimum atomic E-state index is 0.401. The smallest absolute Gasteiger partial charge is 0.0545 e. The van der Waals surface area contributed by atoms with Gasteiger partial charge in [-0.3, -0.25) is 0 Å². The van der Waals surface area contributed by atoms with E-state index in [4.69, 9.17) is 0 Å². The average Bonchev–Trinajstić information content (AvgIpc) is 3.60. The molecule has 0 N–H and O–H groups in total. The van der Waals surface area contributed by atoms with Gasteiger partial charge in [-0.15, -0.1) is 0 Å². The molecule has 2 aliphatic carbocycles. The second kappa shape index (κ2) is 10.4. The highest BCUT2D eigenvalue weighted by molar-refractivity contribution is 6.18. The van der Waals surface area contributed by atoms with Gasteiger partial charge in [-0.1, -0.05) is 109 Å². The van der Waals surface area contributed by atoms with Crippen LogP contribution in [0.2, 0.25) is 0 Å². The Balaban J connectivity index is 1.29. The molecule has 0 radical (unpaired) electrons. The molecule has 2 nitrogen and oxygen atoms in total. The normalized spacial score (nSPS) is 20.5. The molecule has 0 aliphatic heterocycles. The highest BCUT2D eigenvalue weighted by Gasteiger charge is 2.33. The molecule has 44 heavy (non-hydrogen) atoms. The van der Waals surface area contributed by atoms with Crippen molar-refractivity contribution in [2.45, 2.75) is 50.0 Å². The molecule has 0 amide bonds. The topological polar surface area (TPSA) is 9.86 Å². The van der Waals surface area contributed by atoms with Crippen molar-refractivity contribution in [2.75, 3.05) is 0 Å². The Bertz CT molecular complexity index is 2160. The maximum atomic E-state index is 2.73. The van der Waals surface area contributed by atoms with Crippen molar-refractivity contribution >= 4 is 49.3 Å². The molecule has 2 unspecified atom stereocenters. The molecule has 0 spiro atoms. The lowest BCUT2D eigenvalue weighted by molar-refractivity contribution is 0.297. The number of nitrogens with zero attached hydrogens (tertiary/aromatic N) is 2. The van der Waals surface area contributed by atoms with E-state index in [9.17, 15) is 0 Å². The van der Waals surface area contributed by atoms with Crippen LogP contribution in [0.15, 0.2) is 140 Å². The molecule has 2 heteroatoms. The lowest BCUT2D eigenvalue weighted by atomic mass is 9.73. The summed E-state index contributed by atoms with van der Waals surface area (Å²) >= 11 is 0. The molecule has 1 fully saturated rings. The van der Waals surface area contributed by atoms with E-state index in [-0.39, 0.29) is 0 Å². The molecule has 214 valence electrons. The summed E-state index contributed by atoms with van der Waals surface area (Å²) in [7, 11) is 0. The largest absolute Gasteiger partial charge is 0.337 e. The molecule has 0 bridgehead atoms. The standard InChI is InChI=1S/C42H36N2/c1-4-14-29(15-5-1)31-24-32(30-16-6-2-7-17-30)26-34(25-31)44-40-23-13-11-21-36(40)38-27-41-37(28-42(38)44)35-20-10-12-22-39(35)43(41)33-18-8-3-9-19-33/h1-8,10-18,20-23,27-28,31-32,34H,9,19,24-26H2. The van der Waals surface area contributed by atoms with E-state index in [1.54, 1.807) is 0 Å². The lowest BCUT2D eigenvalue weighted by Crippen LogP contribution is -2.23. The van der Waals surface area contributed by atoms with Crippen molar-refractivity contribution in [2.24, 2.45) is 0 Å². The molecule has 2 aromatic heterocycles. The predicted molar refractivity (Wildman–Crippen MR) is 186 cm³/mol. The summed E-state index contributed by atoms with van der Waals surface area (Å²) in [4.78, 5) is 0. The van der Waals surface area contributed by atoms with Gasteiger partial charge in [0.05, 0.1) is 16.6 Å². The van der Waals surface area contributed by atoms with Gasteiger partial charge in [0.15, 0.2) is 0 Å². The van der Waals surface area contributed by atoms with Crippen LogP contribution in [0.4, 0.5) is 0 Å². The van der Waals surface area contributed by atoms with Crippen LogP contribution < -0.4 is 0 Å². The summed E-state index contributed by atoms with van der Waals surface area (Å²) < 4.78 is 5.25. The first-order valence-corrected chi connectivity index (χ1v) is 16.3. The van der Waals surface area contributed by atoms with Gasteiger partial charge < -0.3 is 9.13 Å². The number of hydrogen-bond acceptors (Lipinski definition) is 0. The van der Waals surface area contributed by atoms with E-state index in [2.05, 4.69) is 149 Å². The summed E-state index contributed by atoms with van der Waals surface area (Å²) in [5, 5.41) is 5.41. The van der Waals surface area contributed by atoms with E-state index in [0.717, 1.165) is 25.7 Å². The van der Waals surface area contributed by atoms with Crippen LogP contribution in [0.5, 0.6) is 0 Å². The second-order valence-corrected chi connectivity index (χ2v) is 12.8. The minimum Gasteiger partial charge on any atom is -0.337 e. The van der Waals surface area contributed by atoms with Gasteiger partial charge in [0, 0.05) is 38.8 Å². The molecule has 2 heterocycles. The quantitative estimate of drug-likeness (QED) is 0.200. The van der Waals surface area contributed by atoms with Gasteiger partial charge in [-0.25, -0.2) is 0 Å². The summed E-state index contributed by atoms with van der Waals surface area (Å²) in [6.07, 6.45) is 12.5. The number of allylic oxidation sites excluding steroid dienone is 4. The van der Waals surface area contributed by atoms with Crippen molar-refractivity contribution < 1.29 is 0 Å². The predicted octanol–water partition coefficient (Wildman–Crippen LogP) is 11.4. The Hall–Kier alpha value is -4.82. The molecule has 1 saturated carbocycles. The van der Waals surface area contributed by atoms with Crippen LogP contribution in [0.25, 0.3) is 49.3 Å². The zero-order valence-electron chi connectivity index (χ0n) is 24.9. The number of fused-ring (bicyclic) bond motifs is 6. The summed E-state index contributed by atoms with van der Waals surface area (Å²) in [5.41, 5.74) is 9.67. The third kappa shape index (κ3) is 4.08. The number of benzene rings is 5. The monoisotopic (exact) mass is 568 g/mol. The van der Waals surface area contributed by atoms with Crippen LogP contribution in [0.1, 0.15) is 61.1 Å². The van der Waals surface area contributed by atoms with Crippen LogP contribution in [0, 0.1) is 0 Å². The number of para-hydroxylation sites is 2. The van der Waals surface area contributed by atoms with E-state index in [1.807, 2.05) is 0 Å². The molecule has 5 aromatic carbocycles. The van der Waals surface area contributed by atoms with Crippen molar-refractivity contribution in [3.63, 3.8) is 0 Å². The van der Waals surface area contributed by atoms with E-state index < -0.39 is 0 Å². The van der Waals surface area contributed by atoms with Gasteiger partial charge in [0.2, 0.25) is 0 Å². The lowest BCUT2D eigenvalue weighted by Gasteiger charge is -2.37. The molecule has 2 aliphatic rings. The van der Waals surface area contributed by atoms with Crippen LogP contribution in [-0.4, -0.2) is 9.13 Å². The minimum absolute atomic E-state index is 0.401. The van der Waals surface area contributed by atoms with Crippen molar-refractivity contribution in [3.8, 4) is 0 Å². The number of rotatable bonds is 4. The van der Waals surface area contributed by atoms with Crippen molar-refractivity contribution in [3.05, 3.63) is 151 Å². The highest BCUT2D eigenvalue weighted by Crippen LogP contribution is 2.49. The van der Waals surface area contributed by atoms with Gasteiger partial charge in [-0.05, 0) is 85.4 Å². The summed E-state index contributed by atoms with van der Waals surface area (Å²) in [6, 6.07) is 46.0. The molecular weight excluding hydrogens is 532 g/mol. The van der Waals surface area contributed by atoms with Crippen molar-refractivity contribution in [1.82, 2.24) is 9.13 Å². The maximum absolute atomic E-state index is 2.73. The fourth-order valence-electron chi connectivity index (χ4n) is 8.43. The fourth-order valence-corrected chi connectivity index (χ4v) is 8.43. The highest BCUT2D eigenvalue weighted by atomic mass is 15.0. The Morgan fingerprint density at radius 3 is 1.73 bits per heavy atom.